The number of rotatable bonds is 17. The number of hydrogen-bond acceptors (Lipinski definition) is 8. The quantitative estimate of drug-likeness (QED) is 0.0646. The molecule has 0 bridgehead atoms. The van der Waals surface area contributed by atoms with Crippen molar-refractivity contribution in [2.24, 2.45) is 23.1 Å². The van der Waals surface area contributed by atoms with Crippen molar-refractivity contribution in [2.45, 2.75) is 83.0 Å². The zero-order chi connectivity index (χ0) is 38.0. The number of nitrogens with zero attached hydrogens (tertiary/aromatic N) is 2. The second-order valence-electron chi connectivity index (χ2n) is 13.6. The molecule has 2 aromatic rings. The molecular weight excluding hydrogens is 664 g/mol. The van der Waals surface area contributed by atoms with Crippen LogP contribution in [0, 0.1) is 11.3 Å². The summed E-state index contributed by atoms with van der Waals surface area (Å²) in [6.45, 7) is 5.69. The molecule has 6 amide bonds. The highest BCUT2D eigenvalue weighted by Gasteiger charge is 2.32. The Morgan fingerprint density at radius 1 is 0.712 bits per heavy atom. The first-order valence-electron chi connectivity index (χ1n) is 18.0. The summed E-state index contributed by atoms with van der Waals surface area (Å²) in [5.41, 5.74) is 19.2. The number of carbonyl (C=O) groups is 5. The van der Waals surface area contributed by atoms with Crippen LogP contribution in [0.2, 0.25) is 0 Å². The van der Waals surface area contributed by atoms with Crippen molar-refractivity contribution in [1.82, 2.24) is 31.1 Å². The fourth-order valence-corrected chi connectivity index (χ4v) is 5.94. The summed E-state index contributed by atoms with van der Waals surface area (Å²) in [5.74, 6) is -2.47. The Hall–Kier alpha value is -5.02. The number of nitrogens with one attached hydrogen (secondary N) is 5. The van der Waals surface area contributed by atoms with Crippen LogP contribution in [0.3, 0.4) is 0 Å². The molecule has 1 heterocycles. The summed E-state index contributed by atoms with van der Waals surface area (Å²) in [4.78, 5) is 70.7. The minimum Gasteiger partial charge on any atom is -0.370 e. The third-order valence-corrected chi connectivity index (χ3v) is 8.82. The Morgan fingerprint density at radius 3 is 1.85 bits per heavy atom. The fourth-order valence-electron chi connectivity index (χ4n) is 5.94. The Morgan fingerprint density at radius 2 is 1.25 bits per heavy atom. The predicted molar refractivity (Wildman–Crippen MR) is 200 cm³/mol. The van der Waals surface area contributed by atoms with E-state index in [1.165, 1.54) is 4.90 Å². The van der Waals surface area contributed by atoms with E-state index in [1.807, 2.05) is 74.5 Å². The summed E-state index contributed by atoms with van der Waals surface area (Å²) in [6.07, 6.45) is 2.56. The minimum atomic E-state index is -1.08. The van der Waals surface area contributed by atoms with E-state index in [4.69, 9.17) is 22.6 Å². The van der Waals surface area contributed by atoms with E-state index in [2.05, 4.69) is 21.3 Å². The summed E-state index contributed by atoms with van der Waals surface area (Å²) < 4.78 is 0. The maximum atomic E-state index is 13.9. The first kappa shape index (κ1) is 41.4. The molecule has 4 atom stereocenters. The summed E-state index contributed by atoms with van der Waals surface area (Å²) in [5, 5.41) is 18.5. The van der Waals surface area contributed by atoms with Crippen molar-refractivity contribution in [2.75, 3.05) is 32.7 Å². The zero-order valence-electron chi connectivity index (χ0n) is 30.3. The molecule has 0 unspecified atom stereocenters. The van der Waals surface area contributed by atoms with Crippen LogP contribution in [0.5, 0.6) is 0 Å². The van der Waals surface area contributed by atoms with Gasteiger partial charge in [-0.3, -0.25) is 29.9 Å². The highest BCUT2D eigenvalue weighted by Crippen LogP contribution is 2.11. The fraction of sp³-hybridized carbons (Fsp3) is 0.514. The second kappa shape index (κ2) is 21.4. The number of hydrogen-bond donors (Lipinski definition) is 8. The molecule has 0 radical (unpaired) electrons. The Kier molecular flexibility index (Phi) is 17.0. The third-order valence-electron chi connectivity index (χ3n) is 8.82. The first-order valence-corrected chi connectivity index (χ1v) is 18.0. The second-order valence-corrected chi connectivity index (χ2v) is 13.6. The van der Waals surface area contributed by atoms with Gasteiger partial charge in [-0.05, 0) is 62.1 Å². The molecule has 2 aromatic carbocycles. The number of unbranched alkanes of at least 4 members (excludes halogenated alkanes) is 1. The van der Waals surface area contributed by atoms with Crippen LogP contribution >= 0.6 is 0 Å². The number of benzene rings is 2. The lowest BCUT2D eigenvalue weighted by Crippen LogP contribution is -2.59. The Balaban J connectivity index is 1.74. The predicted octanol–water partition coefficient (Wildman–Crippen LogP) is 0.566. The molecule has 1 fully saturated rings. The van der Waals surface area contributed by atoms with Gasteiger partial charge in [0, 0.05) is 32.6 Å². The van der Waals surface area contributed by atoms with E-state index >= 15 is 0 Å². The van der Waals surface area contributed by atoms with Gasteiger partial charge in [-0.1, -0.05) is 74.5 Å². The summed E-state index contributed by atoms with van der Waals surface area (Å²) in [6, 6.07) is 13.8. The van der Waals surface area contributed by atoms with Gasteiger partial charge >= 0.3 is 6.03 Å². The van der Waals surface area contributed by atoms with Gasteiger partial charge < -0.3 is 43.0 Å². The molecule has 284 valence electrons. The Labute approximate surface area is 306 Å². The molecule has 11 N–H and O–H groups in total. The number of urea groups is 1. The SMILES string of the molecule is CC(C)C[C@H](NC(=O)[C@@H](Cc1ccccc1)NC(=O)[C@H](N)Cc1ccccc1)C(=O)N[C@H](CCCCN)C(=O)NC(=O)N1CCCN(C(=N)N)CC1. The molecule has 0 aliphatic carbocycles. The van der Waals surface area contributed by atoms with Gasteiger partial charge in [0.1, 0.15) is 18.1 Å². The molecule has 0 spiro atoms. The minimum absolute atomic E-state index is 0.0267. The molecule has 52 heavy (non-hydrogen) atoms. The van der Waals surface area contributed by atoms with E-state index in [0.29, 0.717) is 45.4 Å². The van der Waals surface area contributed by atoms with Crippen LogP contribution in [0.4, 0.5) is 4.79 Å². The van der Waals surface area contributed by atoms with E-state index in [0.717, 1.165) is 11.1 Å². The number of nitrogens with two attached hydrogens (primary N) is 3. The van der Waals surface area contributed by atoms with Crippen molar-refractivity contribution < 1.29 is 24.0 Å². The molecule has 0 saturated carbocycles. The number of imide groups is 1. The largest absolute Gasteiger partial charge is 0.370 e. The van der Waals surface area contributed by atoms with Crippen LogP contribution in [0.1, 0.15) is 57.1 Å². The highest BCUT2D eigenvalue weighted by molar-refractivity contribution is 6.00. The van der Waals surface area contributed by atoms with E-state index < -0.39 is 53.8 Å². The Bertz CT molecular complexity index is 1480. The average molecular weight is 721 g/mol. The van der Waals surface area contributed by atoms with Gasteiger partial charge in [0.25, 0.3) is 5.91 Å². The molecule has 1 aliphatic heterocycles. The van der Waals surface area contributed by atoms with Gasteiger partial charge in [-0.2, -0.15) is 0 Å². The molecule has 3 rings (SSSR count). The van der Waals surface area contributed by atoms with Gasteiger partial charge in [-0.25, -0.2) is 4.79 Å². The van der Waals surface area contributed by atoms with Crippen LogP contribution in [0.25, 0.3) is 0 Å². The summed E-state index contributed by atoms with van der Waals surface area (Å²) in [7, 11) is 0. The monoisotopic (exact) mass is 720 g/mol. The molecule has 15 heteroatoms. The lowest BCUT2D eigenvalue weighted by atomic mass is 9.99. The van der Waals surface area contributed by atoms with Crippen molar-refractivity contribution in [3.63, 3.8) is 0 Å². The van der Waals surface area contributed by atoms with Crippen LogP contribution in [-0.4, -0.2) is 102 Å². The smallest absolute Gasteiger partial charge is 0.324 e. The molecule has 1 saturated heterocycles. The number of amides is 6. The molecular formula is C37H56N10O5. The molecule has 15 nitrogen and oxygen atoms in total. The van der Waals surface area contributed by atoms with Gasteiger partial charge in [0.2, 0.25) is 17.7 Å². The number of carbonyl (C=O) groups excluding carboxylic acids is 5. The maximum Gasteiger partial charge on any atom is 0.324 e. The topological polar surface area (TPSA) is 242 Å². The standard InChI is InChI=1S/C37H56N10O5/c1-25(2)22-30(34(50)42-29(16-9-10-17-38)33(49)45-37(52)47-19-11-18-46(20-21-47)36(40)41)44-35(51)31(24-27-14-7-4-8-15-27)43-32(48)28(39)23-26-12-5-3-6-13-26/h3-8,12-15,25,28-31H,9-11,16-24,38-39H2,1-2H3,(H3,40,41)(H,42,50)(H,43,48)(H,44,51)(H,45,49,52)/t28-,29-,30+,31-/m1/s1. The van der Waals surface area contributed by atoms with Crippen molar-refractivity contribution in [1.29, 1.82) is 5.41 Å². The van der Waals surface area contributed by atoms with E-state index in [-0.39, 0.29) is 44.1 Å². The van der Waals surface area contributed by atoms with Crippen LogP contribution in [0.15, 0.2) is 60.7 Å². The third kappa shape index (κ3) is 13.9. The maximum absolute atomic E-state index is 13.9. The number of guanidine groups is 1. The first-order chi connectivity index (χ1) is 24.9. The highest BCUT2D eigenvalue weighted by atomic mass is 16.2. The van der Waals surface area contributed by atoms with Crippen molar-refractivity contribution in [3.8, 4) is 0 Å². The van der Waals surface area contributed by atoms with Crippen molar-refractivity contribution in [3.05, 3.63) is 71.8 Å². The molecule has 0 aromatic heterocycles. The average Bonchev–Trinajstić information content (AvgIpc) is 3.38. The van der Waals surface area contributed by atoms with E-state index in [1.54, 1.807) is 4.90 Å². The normalized spacial score (nSPS) is 15.4. The van der Waals surface area contributed by atoms with Crippen LogP contribution < -0.4 is 38.5 Å². The zero-order valence-corrected chi connectivity index (χ0v) is 30.3. The summed E-state index contributed by atoms with van der Waals surface area (Å²) >= 11 is 0. The van der Waals surface area contributed by atoms with Crippen LogP contribution in [-0.2, 0) is 32.0 Å². The van der Waals surface area contributed by atoms with Gasteiger partial charge in [0.15, 0.2) is 5.96 Å². The lowest BCUT2D eigenvalue weighted by molar-refractivity contribution is -0.134. The molecule has 1 aliphatic rings. The van der Waals surface area contributed by atoms with Crippen molar-refractivity contribution >= 4 is 35.6 Å². The van der Waals surface area contributed by atoms with Gasteiger partial charge in [0.05, 0.1) is 6.04 Å². The van der Waals surface area contributed by atoms with E-state index in [9.17, 15) is 24.0 Å². The van der Waals surface area contributed by atoms with Gasteiger partial charge in [-0.15, -0.1) is 0 Å². The lowest BCUT2D eigenvalue weighted by Gasteiger charge is -2.27.